The van der Waals surface area contributed by atoms with Gasteiger partial charge in [0.15, 0.2) is 0 Å². The summed E-state index contributed by atoms with van der Waals surface area (Å²) in [6.45, 7) is 10.6. The van der Waals surface area contributed by atoms with E-state index in [2.05, 4.69) is 16.7 Å². The van der Waals surface area contributed by atoms with Crippen molar-refractivity contribution in [2.75, 3.05) is 6.54 Å². The summed E-state index contributed by atoms with van der Waals surface area (Å²) in [5.41, 5.74) is -0.0819. The van der Waals surface area contributed by atoms with Gasteiger partial charge in [-0.1, -0.05) is 0 Å². The van der Waals surface area contributed by atoms with Crippen LogP contribution in [0.1, 0.15) is 45.1 Å². The van der Waals surface area contributed by atoms with Crippen molar-refractivity contribution in [2.45, 2.75) is 52.3 Å². The number of alkyl carbamates (subject to hydrolysis) is 1. The highest BCUT2D eigenvalue weighted by molar-refractivity contribution is 7.10. The number of hydrogen-bond donors (Lipinski definition) is 2. The lowest BCUT2D eigenvalue weighted by Crippen LogP contribution is -2.49. The van der Waals surface area contributed by atoms with Crippen LogP contribution in [0.15, 0.2) is 11.4 Å². The maximum absolute atomic E-state index is 11.6. The Morgan fingerprint density at radius 1 is 1.38 bits per heavy atom. The van der Waals surface area contributed by atoms with Gasteiger partial charge in [0.25, 0.3) is 0 Å². The third-order valence-corrected chi connectivity index (χ3v) is 3.53. The molecule has 0 saturated heterocycles. The molecule has 0 fully saturated rings. The molecule has 116 valence electrons. The summed E-state index contributed by atoms with van der Waals surface area (Å²) in [5, 5.41) is 16.7. The average molecular weight is 309 g/mol. The molecule has 0 atom stereocenters. The van der Waals surface area contributed by atoms with E-state index < -0.39 is 11.7 Å². The van der Waals surface area contributed by atoms with Crippen molar-refractivity contribution in [1.82, 2.24) is 10.6 Å². The number of nitrogens with one attached hydrogen (secondary N) is 2. The van der Waals surface area contributed by atoms with Gasteiger partial charge in [0.05, 0.1) is 5.56 Å². The minimum absolute atomic E-state index is 0.270. The molecule has 1 amide bonds. The topological polar surface area (TPSA) is 74.2 Å². The SMILES string of the molecule is CC(C)(CNC(=O)OC(C)(C)C)NCc1cc(C#N)cs1. The minimum Gasteiger partial charge on any atom is -0.444 e. The van der Waals surface area contributed by atoms with E-state index in [1.54, 1.807) is 11.3 Å². The Morgan fingerprint density at radius 2 is 2.05 bits per heavy atom. The summed E-state index contributed by atoms with van der Waals surface area (Å²) in [6.07, 6.45) is -0.416. The Bertz CT molecular complexity index is 524. The quantitative estimate of drug-likeness (QED) is 0.877. The minimum atomic E-state index is -0.494. The molecular formula is C15H23N3O2S. The number of hydrogen-bond acceptors (Lipinski definition) is 5. The largest absolute Gasteiger partial charge is 0.444 e. The van der Waals surface area contributed by atoms with Gasteiger partial charge in [0, 0.05) is 28.9 Å². The summed E-state index contributed by atoms with van der Waals surface area (Å²) in [7, 11) is 0. The van der Waals surface area contributed by atoms with E-state index in [0.29, 0.717) is 18.7 Å². The predicted octanol–water partition coefficient (Wildman–Crippen LogP) is 3.01. The van der Waals surface area contributed by atoms with Gasteiger partial charge in [-0.15, -0.1) is 11.3 Å². The third-order valence-electron chi connectivity index (χ3n) is 2.60. The number of nitrogens with zero attached hydrogens (tertiary/aromatic N) is 1. The zero-order chi connectivity index (χ0) is 16.1. The van der Waals surface area contributed by atoms with Crippen molar-refractivity contribution in [1.29, 1.82) is 5.26 Å². The fraction of sp³-hybridized carbons (Fsp3) is 0.600. The Labute approximate surface area is 130 Å². The summed E-state index contributed by atoms with van der Waals surface area (Å²) >= 11 is 1.55. The first-order valence-corrected chi connectivity index (χ1v) is 7.69. The van der Waals surface area contributed by atoms with E-state index in [1.807, 2.05) is 46.1 Å². The maximum atomic E-state index is 11.6. The Morgan fingerprint density at radius 3 is 2.57 bits per heavy atom. The molecular weight excluding hydrogens is 286 g/mol. The molecule has 1 heterocycles. The van der Waals surface area contributed by atoms with E-state index in [1.165, 1.54) is 0 Å². The van der Waals surface area contributed by atoms with Crippen molar-refractivity contribution < 1.29 is 9.53 Å². The third kappa shape index (κ3) is 7.11. The van der Waals surface area contributed by atoms with Crippen LogP contribution in [0.3, 0.4) is 0 Å². The molecule has 0 spiro atoms. The van der Waals surface area contributed by atoms with Crippen LogP contribution in [0, 0.1) is 11.3 Å². The summed E-state index contributed by atoms with van der Waals surface area (Å²) < 4.78 is 5.20. The van der Waals surface area contributed by atoms with Gasteiger partial charge in [-0.05, 0) is 40.7 Å². The maximum Gasteiger partial charge on any atom is 0.407 e. The smallest absolute Gasteiger partial charge is 0.407 e. The van der Waals surface area contributed by atoms with Crippen LogP contribution < -0.4 is 10.6 Å². The van der Waals surface area contributed by atoms with Crippen molar-refractivity contribution in [3.63, 3.8) is 0 Å². The van der Waals surface area contributed by atoms with Crippen LogP contribution >= 0.6 is 11.3 Å². The van der Waals surface area contributed by atoms with Crippen LogP contribution in [0.4, 0.5) is 4.79 Å². The Balaban J connectivity index is 2.39. The molecule has 0 unspecified atom stereocenters. The van der Waals surface area contributed by atoms with Gasteiger partial charge in [0.2, 0.25) is 0 Å². The van der Waals surface area contributed by atoms with Crippen LogP contribution in [0.25, 0.3) is 0 Å². The van der Waals surface area contributed by atoms with Crippen LogP contribution in [0.5, 0.6) is 0 Å². The molecule has 21 heavy (non-hydrogen) atoms. The highest BCUT2D eigenvalue weighted by Gasteiger charge is 2.21. The summed E-state index contributed by atoms with van der Waals surface area (Å²) in [4.78, 5) is 12.7. The standard InChI is InChI=1S/C15H23N3O2S/c1-14(2,3)20-13(19)17-10-15(4,5)18-8-12-6-11(7-16)9-21-12/h6,9,18H,8,10H2,1-5H3,(H,17,19). The first-order valence-electron chi connectivity index (χ1n) is 6.81. The molecule has 1 aromatic heterocycles. The summed E-state index contributed by atoms with van der Waals surface area (Å²) in [6, 6.07) is 3.99. The van der Waals surface area contributed by atoms with Crippen molar-refractivity contribution in [2.24, 2.45) is 0 Å². The molecule has 6 heteroatoms. The number of amides is 1. The second-order valence-electron chi connectivity index (χ2n) is 6.51. The highest BCUT2D eigenvalue weighted by Crippen LogP contribution is 2.15. The zero-order valence-corrected chi connectivity index (χ0v) is 14.1. The lowest BCUT2D eigenvalue weighted by molar-refractivity contribution is 0.0513. The van der Waals surface area contributed by atoms with Crippen molar-refractivity contribution in [3.8, 4) is 6.07 Å². The average Bonchev–Trinajstić information content (AvgIpc) is 2.80. The van der Waals surface area contributed by atoms with E-state index >= 15 is 0 Å². The molecule has 1 aromatic rings. The van der Waals surface area contributed by atoms with Gasteiger partial charge in [0.1, 0.15) is 11.7 Å². The Kier molecular flexibility index (Phi) is 5.76. The molecule has 0 aliphatic heterocycles. The molecule has 0 saturated carbocycles. The van der Waals surface area contributed by atoms with E-state index in [-0.39, 0.29) is 5.54 Å². The van der Waals surface area contributed by atoms with E-state index in [9.17, 15) is 4.79 Å². The second kappa shape index (κ2) is 6.92. The second-order valence-corrected chi connectivity index (χ2v) is 7.50. The summed E-state index contributed by atoms with van der Waals surface area (Å²) in [5.74, 6) is 0. The normalized spacial score (nSPS) is 11.8. The van der Waals surface area contributed by atoms with Gasteiger partial charge < -0.3 is 15.4 Å². The molecule has 0 aliphatic carbocycles. The first-order chi connectivity index (χ1) is 9.61. The number of rotatable bonds is 5. The number of ether oxygens (including phenoxy) is 1. The Hall–Kier alpha value is -1.58. The molecule has 0 radical (unpaired) electrons. The fourth-order valence-electron chi connectivity index (χ4n) is 1.53. The van der Waals surface area contributed by atoms with Crippen molar-refractivity contribution in [3.05, 3.63) is 21.9 Å². The van der Waals surface area contributed by atoms with Gasteiger partial charge in [-0.3, -0.25) is 0 Å². The number of nitriles is 1. The van der Waals surface area contributed by atoms with Gasteiger partial charge >= 0.3 is 6.09 Å². The van der Waals surface area contributed by atoms with Crippen molar-refractivity contribution >= 4 is 17.4 Å². The van der Waals surface area contributed by atoms with Gasteiger partial charge in [-0.25, -0.2) is 4.79 Å². The van der Waals surface area contributed by atoms with Crippen LogP contribution in [0.2, 0.25) is 0 Å². The van der Waals surface area contributed by atoms with E-state index in [4.69, 9.17) is 10.00 Å². The molecule has 0 bridgehead atoms. The van der Waals surface area contributed by atoms with Gasteiger partial charge in [-0.2, -0.15) is 5.26 Å². The lowest BCUT2D eigenvalue weighted by Gasteiger charge is -2.27. The van der Waals surface area contributed by atoms with Crippen LogP contribution in [-0.4, -0.2) is 23.8 Å². The fourth-order valence-corrected chi connectivity index (χ4v) is 2.28. The molecule has 0 aliphatic rings. The van der Waals surface area contributed by atoms with E-state index in [0.717, 1.165) is 4.88 Å². The molecule has 0 aromatic carbocycles. The zero-order valence-electron chi connectivity index (χ0n) is 13.2. The number of carbonyl (C=O) groups excluding carboxylic acids is 1. The number of thiophene rings is 1. The predicted molar refractivity (Wildman–Crippen MR) is 84.2 cm³/mol. The first kappa shape index (κ1) is 17.5. The molecule has 5 nitrogen and oxygen atoms in total. The number of carbonyl (C=O) groups is 1. The monoisotopic (exact) mass is 309 g/mol. The molecule has 1 rings (SSSR count). The molecule has 2 N–H and O–H groups in total. The van der Waals surface area contributed by atoms with Crippen LogP contribution in [-0.2, 0) is 11.3 Å². The lowest BCUT2D eigenvalue weighted by atomic mass is 10.1. The highest BCUT2D eigenvalue weighted by atomic mass is 32.1.